The molecule has 3 aromatic carbocycles. The van der Waals surface area contributed by atoms with Crippen LogP contribution in [0.25, 0.3) is 0 Å². The largest absolute Gasteiger partial charge is 0.350 e. The first-order valence-electron chi connectivity index (χ1n) is 11.5. The van der Waals surface area contributed by atoms with Gasteiger partial charge < -0.3 is 5.32 Å². The fourth-order valence-electron chi connectivity index (χ4n) is 3.73. The Bertz CT molecular complexity index is 1200. The molecule has 0 atom stereocenters. The lowest BCUT2D eigenvalue weighted by atomic mass is 10.1. The number of benzene rings is 3. The molecule has 0 spiro atoms. The Balaban J connectivity index is 1.66. The van der Waals surface area contributed by atoms with E-state index in [1.165, 1.54) is 27.8 Å². The van der Waals surface area contributed by atoms with Crippen molar-refractivity contribution in [3.8, 4) is 0 Å². The molecule has 0 fully saturated rings. The maximum absolute atomic E-state index is 13.5. The van der Waals surface area contributed by atoms with Gasteiger partial charge in [-0.25, -0.2) is 4.90 Å². The van der Waals surface area contributed by atoms with Crippen molar-refractivity contribution in [2.45, 2.75) is 44.4 Å². The van der Waals surface area contributed by atoms with Crippen molar-refractivity contribution in [2.24, 2.45) is 0 Å². The topological polar surface area (TPSA) is 49.4 Å². The maximum Gasteiger partial charge on any atom is 0.283 e. The summed E-state index contributed by atoms with van der Waals surface area (Å²) in [6, 6.07) is 22.8. The van der Waals surface area contributed by atoms with Crippen LogP contribution in [0.2, 0.25) is 5.02 Å². The van der Waals surface area contributed by atoms with E-state index in [0.717, 1.165) is 36.3 Å². The van der Waals surface area contributed by atoms with E-state index in [-0.39, 0.29) is 17.5 Å². The highest BCUT2D eigenvalue weighted by molar-refractivity contribution is 8.04. The van der Waals surface area contributed by atoms with E-state index in [0.29, 0.717) is 15.6 Å². The molecule has 4 nitrogen and oxygen atoms in total. The number of thioether (sulfide) groups is 1. The molecule has 0 saturated heterocycles. The molecular weight excluding hydrogens is 464 g/mol. The van der Waals surface area contributed by atoms with Crippen molar-refractivity contribution in [1.29, 1.82) is 0 Å². The van der Waals surface area contributed by atoms with Gasteiger partial charge in [0.1, 0.15) is 10.6 Å². The van der Waals surface area contributed by atoms with E-state index in [1.807, 2.05) is 60.7 Å². The normalized spacial score (nSPS) is 13.7. The summed E-state index contributed by atoms with van der Waals surface area (Å²) in [5.41, 5.74) is 4.02. The minimum Gasteiger partial charge on any atom is -0.350 e. The van der Waals surface area contributed by atoms with Crippen molar-refractivity contribution in [1.82, 2.24) is 0 Å². The first-order valence-corrected chi connectivity index (χ1v) is 12.7. The van der Waals surface area contributed by atoms with Gasteiger partial charge in [-0.1, -0.05) is 67.9 Å². The molecule has 0 bridgehead atoms. The first-order chi connectivity index (χ1) is 16.5. The fourth-order valence-corrected chi connectivity index (χ4v) is 4.78. The van der Waals surface area contributed by atoms with Gasteiger partial charge in [0.05, 0.1) is 5.69 Å². The van der Waals surface area contributed by atoms with Crippen LogP contribution in [0.15, 0.2) is 88.3 Å². The zero-order valence-electron chi connectivity index (χ0n) is 19.3. The Hall–Kier alpha value is -3.02. The van der Waals surface area contributed by atoms with E-state index in [2.05, 4.69) is 19.2 Å². The first kappa shape index (κ1) is 24.1. The summed E-state index contributed by atoms with van der Waals surface area (Å²) in [7, 11) is 0. The molecule has 174 valence electrons. The number of hydrogen-bond donors (Lipinski definition) is 1. The number of rotatable bonds is 9. The standard InChI is InChI=1S/C28H27ClN2O2S/c1-3-5-6-20-9-15-23(16-10-20)31-27(32)25(30-22-13-7-19(4-2)8-14-22)26(28(31)33)34-24-17-11-21(29)12-18-24/h7-18,30H,3-6H2,1-2H3. The predicted molar refractivity (Wildman–Crippen MR) is 141 cm³/mol. The molecule has 1 heterocycles. The molecule has 2 amide bonds. The number of halogens is 1. The summed E-state index contributed by atoms with van der Waals surface area (Å²) in [5.74, 6) is -0.693. The van der Waals surface area contributed by atoms with Crippen LogP contribution in [0, 0.1) is 0 Å². The zero-order chi connectivity index (χ0) is 24.1. The zero-order valence-corrected chi connectivity index (χ0v) is 20.9. The second kappa shape index (κ2) is 10.9. The van der Waals surface area contributed by atoms with Crippen LogP contribution in [0.3, 0.4) is 0 Å². The molecule has 6 heteroatoms. The van der Waals surface area contributed by atoms with Gasteiger partial charge in [0.2, 0.25) is 0 Å². The third-order valence-electron chi connectivity index (χ3n) is 5.72. The Kier molecular flexibility index (Phi) is 7.76. The summed E-state index contributed by atoms with van der Waals surface area (Å²) in [5, 5.41) is 3.83. The Morgan fingerprint density at radius 3 is 2.09 bits per heavy atom. The number of hydrogen-bond acceptors (Lipinski definition) is 4. The van der Waals surface area contributed by atoms with Crippen LogP contribution in [0.5, 0.6) is 0 Å². The maximum atomic E-state index is 13.5. The van der Waals surface area contributed by atoms with Gasteiger partial charge in [0.15, 0.2) is 0 Å². The molecule has 34 heavy (non-hydrogen) atoms. The van der Waals surface area contributed by atoms with E-state index in [1.54, 1.807) is 12.1 Å². The van der Waals surface area contributed by atoms with Crippen LogP contribution in [-0.4, -0.2) is 11.8 Å². The number of unbranched alkanes of at least 4 members (excludes halogenated alkanes) is 1. The van der Waals surface area contributed by atoms with Gasteiger partial charge in [0, 0.05) is 15.6 Å². The molecule has 0 saturated carbocycles. The summed E-state index contributed by atoms with van der Waals surface area (Å²) in [4.78, 5) is 29.5. The van der Waals surface area contributed by atoms with E-state index in [4.69, 9.17) is 11.6 Å². The number of nitrogens with zero attached hydrogens (tertiary/aromatic N) is 1. The molecule has 0 aliphatic carbocycles. The van der Waals surface area contributed by atoms with Gasteiger partial charge >= 0.3 is 0 Å². The highest BCUT2D eigenvalue weighted by Gasteiger charge is 2.40. The molecule has 0 aromatic heterocycles. The number of carbonyl (C=O) groups excluding carboxylic acids is 2. The van der Waals surface area contributed by atoms with Crippen LogP contribution in [-0.2, 0) is 22.4 Å². The molecule has 1 aliphatic rings. The van der Waals surface area contributed by atoms with Gasteiger partial charge in [-0.2, -0.15) is 0 Å². The summed E-state index contributed by atoms with van der Waals surface area (Å²) in [6.07, 6.45) is 4.14. The third kappa shape index (κ3) is 5.37. The second-order valence-electron chi connectivity index (χ2n) is 8.15. The average molecular weight is 491 g/mol. The van der Waals surface area contributed by atoms with Crippen molar-refractivity contribution in [2.75, 3.05) is 10.2 Å². The molecule has 4 rings (SSSR count). The lowest BCUT2D eigenvalue weighted by Crippen LogP contribution is -2.32. The Morgan fingerprint density at radius 2 is 1.47 bits per heavy atom. The average Bonchev–Trinajstić information content (AvgIpc) is 3.08. The lowest BCUT2D eigenvalue weighted by Gasteiger charge is -2.16. The minimum atomic E-state index is -0.359. The van der Waals surface area contributed by atoms with Crippen molar-refractivity contribution in [3.63, 3.8) is 0 Å². The van der Waals surface area contributed by atoms with E-state index in [9.17, 15) is 9.59 Å². The van der Waals surface area contributed by atoms with Crippen LogP contribution in [0.4, 0.5) is 11.4 Å². The van der Waals surface area contributed by atoms with Crippen molar-refractivity contribution in [3.05, 3.63) is 99.5 Å². The van der Waals surface area contributed by atoms with Crippen LogP contribution >= 0.6 is 23.4 Å². The molecule has 1 aliphatic heterocycles. The highest BCUT2D eigenvalue weighted by atomic mass is 35.5. The van der Waals surface area contributed by atoms with Gasteiger partial charge in [0.25, 0.3) is 11.8 Å². The number of imide groups is 1. The Labute approximate surface area is 210 Å². The second-order valence-corrected chi connectivity index (χ2v) is 9.67. The summed E-state index contributed by atoms with van der Waals surface area (Å²) < 4.78 is 0. The fraction of sp³-hybridized carbons (Fsp3) is 0.214. The number of aryl methyl sites for hydroxylation is 2. The third-order valence-corrected chi connectivity index (χ3v) is 7.06. The number of nitrogens with one attached hydrogen (secondary N) is 1. The van der Waals surface area contributed by atoms with E-state index < -0.39 is 0 Å². The lowest BCUT2D eigenvalue weighted by molar-refractivity contribution is -0.120. The van der Waals surface area contributed by atoms with Gasteiger partial charge in [-0.05, 0) is 78.9 Å². The summed E-state index contributed by atoms with van der Waals surface area (Å²) >= 11 is 7.29. The van der Waals surface area contributed by atoms with E-state index >= 15 is 0 Å². The smallest absolute Gasteiger partial charge is 0.283 e. The highest BCUT2D eigenvalue weighted by Crippen LogP contribution is 2.38. The molecule has 1 N–H and O–H groups in total. The van der Waals surface area contributed by atoms with Gasteiger partial charge in [-0.3, -0.25) is 9.59 Å². The quantitative estimate of drug-likeness (QED) is 0.321. The minimum absolute atomic E-state index is 0.282. The van der Waals surface area contributed by atoms with Gasteiger partial charge in [-0.15, -0.1) is 0 Å². The summed E-state index contributed by atoms with van der Waals surface area (Å²) in [6.45, 7) is 4.25. The molecule has 0 radical (unpaired) electrons. The number of carbonyl (C=O) groups is 2. The SMILES string of the molecule is CCCCc1ccc(N2C(=O)C(Nc3ccc(CC)cc3)=C(Sc3ccc(Cl)cc3)C2=O)cc1. The van der Waals surface area contributed by atoms with Crippen molar-refractivity contribution >= 4 is 46.6 Å². The van der Waals surface area contributed by atoms with Crippen LogP contribution < -0.4 is 10.2 Å². The monoisotopic (exact) mass is 490 g/mol. The Morgan fingerprint density at radius 1 is 0.824 bits per heavy atom. The molecule has 0 unspecified atom stereocenters. The van der Waals surface area contributed by atoms with Crippen molar-refractivity contribution < 1.29 is 9.59 Å². The predicted octanol–water partition coefficient (Wildman–Crippen LogP) is 7.23. The van der Waals surface area contributed by atoms with Crippen LogP contribution in [0.1, 0.15) is 37.8 Å². The number of amides is 2. The molecule has 3 aromatic rings. The number of anilines is 2. The molecular formula is C28H27ClN2O2S.